The highest BCUT2D eigenvalue weighted by molar-refractivity contribution is 7.94. The molecule has 1 unspecified atom stereocenters. The van der Waals surface area contributed by atoms with Gasteiger partial charge in [-0.05, 0) is 30.7 Å². The molecule has 0 bridgehead atoms. The van der Waals surface area contributed by atoms with Crippen LogP contribution < -0.4 is 5.32 Å². The van der Waals surface area contributed by atoms with E-state index < -0.39 is 9.84 Å². The first kappa shape index (κ1) is 11.2. The van der Waals surface area contributed by atoms with Crippen LogP contribution in [-0.2, 0) is 9.84 Å². The number of nitrogens with zero attached hydrogens (tertiary/aromatic N) is 3. The van der Waals surface area contributed by atoms with Crippen LogP contribution in [0.25, 0.3) is 5.65 Å². The van der Waals surface area contributed by atoms with Crippen LogP contribution >= 0.6 is 0 Å². The van der Waals surface area contributed by atoms with Gasteiger partial charge in [0.25, 0.3) is 0 Å². The molecule has 0 saturated carbocycles. The number of hydrogen-bond donors (Lipinski definition) is 1. The molecule has 0 spiro atoms. The monoisotopic (exact) mass is 264 g/mol. The fourth-order valence-corrected chi connectivity index (χ4v) is 3.11. The van der Waals surface area contributed by atoms with Gasteiger partial charge in [-0.3, -0.25) is 0 Å². The summed E-state index contributed by atoms with van der Waals surface area (Å²) in [5, 5.41) is 8.45. The average Bonchev–Trinajstić information content (AvgIpc) is 2.81. The quantitative estimate of drug-likeness (QED) is 0.866. The lowest BCUT2D eigenvalue weighted by Gasteiger charge is -2.05. The molecule has 0 saturated heterocycles. The van der Waals surface area contributed by atoms with Crippen LogP contribution in [0.2, 0.25) is 0 Å². The Hall–Kier alpha value is -1.89. The van der Waals surface area contributed by atoms with Gasteiger partial charge in [-0.1, -0.05) is 0 Å². The third-order valence-corrected chi connectivity index (χ3v) is 4.13. The molecule has 1 aliphatic heterocycles. The predicted molar refractivity (Wildman–Crippen MR) is 68.1 cm³/mol. The molecule has 2 aromatic rings. The summed E-state index contributed by atoms with van der Waals surface area (Å²) in [5.41, 5.74) is 1.84. The normalized spacial score (nSPS) is 21.5. The third kappa shape index (κ3) is 2.08. The minimum Gasteiger partial charge on any atom is -0.346 e. The number of rotatable bonds is 2. The number of fused-ring (bicyclic) bond motifs is 1. The van der Waals surface area contributed by atoms with E-state index in [1.807, 2.05) is 25.3 Å². The van der Waals surface area contributed by atoms with E-state index in [2.05, 4.69) is 15.4 Å². The zero-order chi connectivity index (χ0) is 12.8. The molecule has 1 aliphatic rings. The Labute approximate surface area is 104 Å². The number of hydrogen-bond acceptors (Lipinski definition) is 5. The van der Waals surface area contributed by atoms with Gasteiger partial charge < -0.3 is 5.32 Å². The number of anilines is 1. The van der Waals surface area contributed by atoms with Crippen molar-refractivity contribution in [1.29, 1.82) is 0 Å². The smallest absolute Gasteiger partial charge is 0.243 e. The average molecular weight is 264 g/mol. The molecule has 3 rings (SSSR count). The molecule has 18 heavy (non-hydrogen) atoms. The van der Waals surface area contributed by atoms with Gasteiger partial charge in [-0.2, -0.15) is 4.98 Å². The SMILES string of the molecule is Cc1ccn2nc(NC3C=CS(=O)(=O)C3)nc2c1. The van der Waals surface area contributed by atoms with E-state index in [0.717, 1.165) is 11.2 Å². The molecular formula is C11H12N4O2S. The standard InChI is InChI=1S/C11H12N4O2S/c1-8-2-4-15-10(6-8)13-11(14-15)12-9-3-5-18(16,17)7-9/h2-6,9H,7H2,1H3,(H,12,14). The van der Waals surface area contributed by atoms with Gasteiger partial charge in [-0.25, -0.2) is 12.9 Å². The van der Waals surface area contributed by atoms with Crippen molar-refractivity contribution in [3.8, 4) is 0 Å². The summed E-state index contributed by atoms with van der Waals surface area (Å²) >= 11 is 0. The lowest BCUT2D eigenvalue weighted by molar-refractivity contribution is 0.605. The Morgan fingerprint density at radius 3 is 3.06 bits per heavy atom. The first-order chi connectivity index (χ1) is 8.52. The molecule has 94 valence electrons. The van der Waals surface area contributed by atoms with Gasteiger partial charge in [0.2, 0.25) is 5.95 Å². The zero-order valence-corrected chi connectivity index (χ0v) is 10.6. The largest absolute Gasteiger partial charge is 0.346 e. The molecule has 6 nitrogen and oxygen atoms in total. The van der Waals surface area contributed by atoms with Gasteiger partial charge in [0.1, 0.15) is 0 Å². The first-order valence-electron chi connectivity index (χ1n) is 5.52. The van der Waals surface area contributed by atoms with Crippen LogP contribution in [0.15, 0.2) is 29.8 Å². The van der Waals surface area contributed by atoms with Gasteiger partial charge in [0.15, 0.2) is 15.5 Å². The summed E-state index contributed by atoms with van der Waals surface area (Å²) in [6.07, 6.45) is 3.44. The molecule has 1 atom stereocenters. The van der Waals surface area contributed by atoms with Crippen molar-refractivity contribution >= 4 is 21.4 Å². The van der Waals surface area contributed by atoms with Gasteiger partial charge in [0.05, 0.1) is 11.8 Å². The summed E-state index contributed by atoms with van der Waals surface area (Å²) in [6, 6.07) is 3.60. The Morgan fingerprint density at radius 2 is 2.33 bits per heavy atom. The van der Waals surface area contributed by atoms with Crippen LogP contribution in [0.4, 0.5) is 5.95 Å². The topological polar surface area (TPSA) is 76.4 Å². The van der Waals surface area contributed by atoms with Crippen molar-refractivity contribution in [2.75, 3.05) is 11.1 Å². The fourth-order valence-electron chi connectivity index (χ4n) is 1.88. The number of pyridine rings is 1. The van der Waals surface area contributed by atoms with Crippen LogP contribution in [0.5, 0.6) is 0 Å². The lowest BCUT2D eigenvalue weighted by atomic mass is 10.3. The van der Waals surface area contributed by atoms with Crippen LogP contribution in [0, 0.1) is 6.92 Å². The van der Waals surface area contributed by atoms with Crippen molar-refractivity contribution in [3.05, 3.63) is 35.4 Å². The summed E-state index contributed by atoms with van der Waals surface area (Å²) in [6.45, 7) is 1.98. The molecule has 0 radical (unpaired) electrons. The van der Waals surface area contributed by atoms with Crippen molar-refractivity contribution in [2.24, 2.45) is 0 Å². The van der Waals surface area contributed by atoms with Crippen LogP contribution in [0.1, 0.15) is 5.56 Å². The Bertz CT molecular complexity index is 733. The van der Waals surface area contributed by atoms with E-state index in [9.17, 15) is 8.42 Å². The molecule has 0 amide bonds. The van der Waals surface area contributed by atoms with E-state index in [0.29, 0.717) is 5.95 Å². The zero-order valence-electron chi connectivity index (χ0n) is 9.74. The maximum Gasteiger partial charge on any atom is 0.243 e. The van der Waals surface area contributed by atoms with E-state index in [-0.39, 0.29) is 11.8 Å². The highest BCUT2D eigenvalue weighted by atomic mass is 32.2. The van der Waals surface area contributed by atoms with Gasteiger partial charge >= 0.3 is 0 Å². The molecule has 0 aromatic carbocycles. The highest BCUT2D eigenvalue weighted by Gasteiger charge is 2.22. The molecule has 0 fully saturated rings. The maximum atomic E-state index is 11.3. The van der Waals surface area contributed by atoms with Crippen molar-refractivity contribution in [2.45, 2.75) is 13.0 Å². The summed E-state index contributed by atoms with van der Waals surface area (Å²) in [7, 11) is -3.06. The third-order valence-electron chi connectivity index (χ3n) is 2.74. The van der Waals surface area contributed by atoms with Gasteiger partial charge in [-0.15, -0.1) is 5.10 Å². The minimum absolute atomic E-state index is 0.0571. The predicted octanol–water partition coefficient (Wildman–Crippen LogP) is 0.760. The van der Waals surface area contributed by atoms with E-state index in [4.69, 9.17) is 0 Å². The molecule has 3 heterocycles. The van der Waals surface area contributed by atoms with Gasteiger partial charge in [0, 0.05) is 11.6 Å². The van der Waals surface area contributed by atoms with Crippen LogP contribution in [0.3, 0.4) is 0 Å². The summed E-state index contributed by atoms with van der Waals surface area (Å²) in [5.74, 6) is 0.494. The molecule has 7 heteroatoms. The lowest BCUT2D eigenvalue weighted by Crippen LogP contribution is -2.21. The second-order valence-corrected chi connectivity index (χ2v) is 6.28. The molecule has 0 aliphatic carbocycles. The van der Waals surface area contributed by atoms with Crippen molar-refractivity contribution < 1.29 is 8.42 Å². The van der Waals surface area contributed by atoms with E-state index in [1.165, 1.54) is 5.41 Å². The minimum atomic E-state index is -3.06. The number of aromatic nitrogens is 3. The second-order valence-electron chi connectivity index (χ2n) is 4.35. The Balaban J connectivity index is 1.86. The first-order valence-corrected chi connectivity index (χ1v) is 7.24. The molecular weight excluding hydrogens is 252 g/mol. The second kappa shape index (κ2) is 3.81. The highest BCUT2D eigenvalue weighted by Crippen LogP contribution is 2.13. The Morgan fingerprint density at radius 1 is 1.50 bits per heavy atom. The maximum absolute atomic E-state index is 11.3. The molecule has 2 aromatic heterocycles. The Kier molecular flexibility index (Phi) is 2.37. The van der Waals surface area contributed by atoms with E-state index >= 15 is 0 Å². The molecule has 1 N–H and O–H groups in total. The number of nitrogens with one attached hydrogen (secondary N) is 1. The van der Waals surface area contributed by atoms with E-state index in [1.54, 1.807) is 10.6 Å². The summed E-state index contributed by atoms with van der Waals surface area (Å²) in [4.78, 5) is 4.30. The number of sulfone groups is 1. The van der Waals surface area contributed by atoms with Crippen molar-refractivity contribution in [1.82, 2.24) is 14.6 Å². The summed E-state index contributed by atoms with van der Waals surface area (Å²) < 4.78 is 24.2. The fraction of sp³-hybridized carbons (Fsp3) is 0.273. The van der Waals surface area contributed by atoms with Crippen LogP contribution in [-0.4, -0.2) is 34.8 Å². The number of aryl methyl sites for hydroxylation is 1. The van der Waals surface area contributed by atoms with Crippen molar-refractivity contribution in [3.63, 3.8) is 0 Å².